The first-order chi connectivity index (χ1) is 11.6. The topological polar surface area (TPSA) is 71.0 Å². The van der Waals surface area contributed by atoms with E-state index in [0.29, 0.717) is 24.7 Å². The Morgan fingerprint density at radius 1 is 1.29 bits per heavy atom. The van der Waals surface area contributed by atoms with Crippen molar-refractivity contribution in [2.45, 2.75) is 20.3 Å². The van der Waals surface area contributed by atoms with Crippen LogP contribution < -0.4 is 9.58 Å². The number of esters is 1. The van der Waals surface area contributed by atoms with E-state index in [1.807, 2.05) is 36.8 Å². The summed E-state index contributed by atoms with van der Waals surface area (Å²) in [6.07, 6.45) is 0.406. The van der Waals surface area contributed by atoms with Crippen LogP contribution in [-0.2, 0) is 16.6 Å². The number of ether oxygens (including phenoxy) is 1. The molecule has 0 unspecified atom stereocenters. The minimum atomic E-state index is -0.169. The Balaban J connectivity index is 1.93. The minimum Gasteiger partial charge on any atom is -0.464 e. The zero-order chi connectivity index (χ0) is 17.4. The van der Waals surface area contributed by atoms with Crippen molar-refractivity contribution in [3.63, 3.8) is 0 Å². The van der Waals surface area contributed by atoms with Gasteiger partial charge >= 0.3 is 5.97 Å². The molecule has 0 bridgehead atoms. The summed E-state index contributed by atoms with van der Waals surface area (Å²) in [5.41, 5.74) is 3.69. The summed E-state index contributed by atoms with van der Waals surface area (Å²) in [7, 11) is 1.85. The molecular weight excluding hydrogens is 326 g/mol. The molecule has 0 aliphatic heterocycles. The monoisotopic (exact) mass is 348 g/mol. The van der Waals surface area contributed by atoms with Crippen LogP contribution in [0.5, 0.6) is 0 Å². The van der Waals surface area contributed by atoms with Crippen LogP contribution in [0.4, 0.5) is 16.5 Å². The molecule has 0 radical (unpaired) electrons. The van der Waals surface area contributed by atoms with Gasteiger partial charge in [-0.25, -0.2) is 0 Å². The zero-order valence-electron chi connectivity index (χ0n) is 14.2. The normalized spacial score (nSPS) is 11.0. The van der Waals surface area contributed by atoms with Crippen molar-refractivity contribution in [2.75, 3.05) is 24.6 Å². The van der Waals surface area contributed by atoms with Gasteiger partial charge in [-0.3, -0.25) is 4.79 Å². The van der Waals surface area contributed by atoms with E-state index < -0.39 is 0 Å². The van der Waals surface area contributed by atoms with Gasteiger partial charge in [0.25, 0.3) is 10.6 Å². The van der Waals surface area contributed by atoms with E-state index in [2.05, 4.69) is 27.2 Å². The van der Waals surface area contributed by atoms with Crippen LogP contribution in [-0.4, -0.2) is 30.8 Å². The predicted molar refractivity (Wildman–Crippen MR) is 93.0 cm³/mol. The Labute approximate surface area is 145 Å². The van der Waals surface area contributed by atoms with E-state index in [9.17, 15) is 4.79 Å². The van der Waals surface area contributed by atoms with Gasteiger partial charge in [0.1, 0.15) is 6.61 Å². The molecule has 0 saturated heterocycles. The average molecular weight is 348 g/mol. The van der Waals surface area contributed by atoms with Crippen LogP contribution in [0.25, 0.3) is 0 Å². The number of rotatable bonds is 8. The van der Waals surface area contributed by atoms with Crippen molar-refractivity contribution in [3.8, 4) is 0 Å². The number of azo groups is 1. The summed E-state index contributed by atoms with van der Waals surface area (Å²) in [6.45, 7) is 5.75. The molecule has 0 saturated carbocycles. The molecule has 1 heterocycles. The van der Waals surface area contributed by atoms with Gasteiger partial charge in [-0.15, -0.1) is 10.2 Å². The van der Waals surface area contributed by atoms with Crippen LogP contribution in [0, 0.1) is 0 Å². The summed E-state index contributed by atoms with van der Waals surface area (Å²) in [6, 6.07) is 7.79. The second-order valence-electron chi connectivity index (χ2n) is 5.05. The van der Waals surface area contributed by atoms with E-state index in [1.165, 1.54) is 11.3 Å². The molecule has 0 spiro atoms. The summed E-state index contributed by atoms with van der Waals surface area (Å²) < 4.78 is 6.84. The highest BCUT2D eigenvalue weighted by atomic mass is 32.1. The number of hydrogen-bond donors (Lipinski definition) is 0. The third kappa shape index (κ3) is 5.38. The number of aryl methyl sites for hydroxylation is 1. The fourth-order valence-electron chi connectivity index (χ4n) is 2.02. The van der Waals surface area contributed by atoms with Crippen LogP contribution in [0.3, 0.4) is 0 Å². The molecule has 0 aliphatic carbocycles. The Bertz CT molecular complexity index is 684. The van der Waals surface area contributed by atoms with Crippen molar-refractivity contribution in [1.82, 2.24) is 5.10 Å². The Kier molecular flexibility index (Phi) is 6.80. The van der Waals surface area contributed by atoms with Gasteiger partial charge in [-0.2, -0.15) is 0 Å². The molecule has 1 aromatic carbocycles. The number of carbonyl (C=O) groups excluding carboxylic acids is 1. The smallest absolute Gasteiger partial charge is 0.305 e. The maximum Gasteiger partial charge on any atom is 0.305 e. The number of likely N-dealkylation sites (N-methyl/N-ethyl adjacent to an activating group) is 1. The van der Waals surface area contributed by atoms with Crippen molar-refractivity contribution in [1.29, 1.82) is 0 Å². The molecule has 2 aromatic rings. The fraction of sp³-hybridized carbons (Fsp3) is 0.438. The van der Waals surface area contributed by atoms with Gasteiger partial charge < -0.3 is 9.64 Å². The Morgan fingerprint density at radius 3 is 2.62 bits per heavy atom. The maximum atomic E-state index is 11.2. The van der Waals surface area contributed by atoms with Crippen LogP contribution in [0.15, 0.2) is 40.0 Å². The predicted octanol–water partition coefficient (Wildman–Crippen LogP) is 3.16. The minimum absolute atomic E-state index is 0.169. The highest BCUT2D eigenvalue weighted by molar-refractivity contribution is 7.12. The Hall–Kier alpha value is -2.35. The number of benzene rings is 1. The molecule has 0 aliphatic rings. The highest BCUT2D eigenvalue weighted by Gasteiger charge is 2.06. The van der Waals surface area contributed by atoms with Gasteiger partial charge in [0.15, 0.2) is 7.05 Å². The van der Waals surface area contributed by atoms with Crippen molar-refractivity contribution in [2.24, 2.45) is 17.3 Å². The van der Waals surface area contributed by atoms with Crippen LogP contribution >= 0.6 is 11.3 Å². The summed E-state index contributed by atoms with van der Waals surface area (Å²) >= 11 is 1.44. The second kappa shape index (κ2) is 9.07. The number of nitrogens with zero attached hydrogens (tertiary/aromatic N) is 5. The Morgan fingerprint density at radius 2 is 2.04 bits per heavy atom. The molecular formula is C16H22N5O2S+. The van der Waals surface area contributed by atoms with E-state index in [1.54, 1.807) is 11.6 Å². The largest absolute Gasteiger partial charge is 0.464 e. The molecule has 1 aromatic heterocycles. The molecule has 24 heavy (non-hydrogen) atoms. The summed E-state index contributed by atoms with van der Waals surface area (Å²) in [5.74, 6) is -0.169. The first-order valence-corrected chi connectivity index (χ1v) is 8.74. The number of carbonyl (C=O) groups is 1. The highest BCUT2D eigenvalue weighted by Crippen LogP contribution is 2.22. The number of aromatic nitrogens is 2. The zero-order valence-corrected chi connectivity index (χ0v) is 15.0. The van der Waals surface area contributed by atoms with Crippen molar-refractivity contribution >= 4 is 33.8 Å². The SMILES string of the molecule is CCC(=O)OCCN(CC)c1ccc(N=Nc2n[n+](C)cs2)cc1. The molecule has 0 atom stereocenters. The van der Waals surface area contributed by atoms with Crippen molar-refractivity contribution in [3.05, 3.63) is 29.8 Å². The molecule has 2 rings (SSSR count). The van der Waals surface area contributed by atoms with Gasteiger partial charge in [0, 0.05) is 23.8 Å². The molecule has 0 amide bonds. The fourth-order valence-corrected chi connectivity index (χ4v) is 2.58. The van der Waals surface area contributed by atoms with Gasteiger partial charge in [0.2, 0.25) is 0 Å². The van der Waals surface area contributed by atoms with Gasteiger partial charge in [0.05, 0.1) is 12.2 Å². The molecule has 0 N–H and O–H groups in total. The van der Waals surface area contributed by atoms with E-state index >= 15 is 0 Å². The lowest BCUT2D eigenvalue weighted by Crippen LogP contribution is -2.27. The molecule has 0 fully saturated rings. The lowest BCUT2D eigenvalue weighted by molar-refractivity contribution is -0.724. The third-order valence-electron chi connectivity index (χ3n) is 3.31. The quantitative estimate of drug-likeness (QED) is 0.417. The van der Waals surface area contributed by atoms with Crippen molar-refractivity contribution < 1.29 is 14.2 Å². The molecule has 7 nitrogen and oxygen atoms in total. The van der Waals surface area contributed by atoms with Gasteiger partial charge in [-0.1, -0.05) is 11.6 Å². The van der Waals surface area contributed by atoms with Gasteiger partial charge in [-0.05, 0) is 42.5 Å². The maximum absolute atomic E-state index is 11.2. The number of hydrogen-bond acceptors (Lipinski definition) is 7. The van der Waals surface area contributed by atoms with E-state index in [-0.39, 0.29) is 5.97 Å². The first kappa shape index (κ1) is 18.0. The average Bonchev–Trinajstić information content (AvgIpc) is 3.02. The standard InChI is InChI=1S/C16H22N5O2S/c1-4-15(22)23-11-10-21(5-2)14-8-6-13(7-9-14)17-18-16-19-20(3)12-24-16/h6-9,12H,4-5,10-11H2,1-3H3/q+1. The van der Waals surface area contributed by atoms with E-state index in [4.69, 9.17) is 4.74 Å². The lowest BCUT2D eigenvalue weighted by Gasteiger charge is -2.22. The lowest BCUT2D eigenvalue weighted by atomic mass is 10.2. The van der Waals surface area contributed by atoms with E-state index in [0.717, 1.165) is 17.9 Å². The first-order valence-electron chi connectivity index (χ1n) is 7.86. The van der Waals surface area contributed by atoms with Crippen LogP contribution in [0.2, 0.25) is 0 Å². The summed E-state index contributed by atoms with van der Waals surface area (Å²) in [4.78, 5) is 13.3. The number of anilines is 1. The second-order valence-corrected chi connectivity index (χ2v) is 5.86. The third-order valence-corrected chi connectivity index (χ3v) is 4.10. The molecule has 128 valence electrons. The van der Waals surface area contributed by atoms with Crippen LogP contribution in [0.1, 0.15) is 20.3 Å². The summed E-state index contributed by atoms with van der Waals surface area (Å²) in [5, 5.41) is 13.1. The molecule has 8 heteroatoms.